The fourth-order valence-corrected chi connectivity index (χ4v) is 4.26. The molecule has 0 amide bonds. The zero-order valence-electron chi connectivity index (χ0n) is 14.9. The third-order valence-corrected chi connectivity index (χ3v) is 5.62. The smallest absolute Gasteiger partial charge is 0.163 e. The highest BCUT2D eigenvalue weighted by molar-refractivity contribution is 5.91. The second kappa shape index (κ2) is 6.65. The summed E-state index contributed by atoms with van der Waals surface area (Å²) in [7, 11) is 0. The summed E-state index contributed by atoms with van der Waals surface area (Å²) < 4.78 is 0. The number of likely N-dealkylation sites (tertiary alicyclic amines) is 1. The minimum atomic E-state index is 0.660. The Morgan fingerprint density at radius 1 is 0.923 bits per heavy atom. The van der Waals surface area contributed by atoms with Crippen molar-refractivity contribution in [3.63, 3.8) is 0 Å². The van der Waals surface area contributed by atoms with Gasteiger partial charge in [0.05, 0.1) is 5.52 Å². The van der Waals surface area contributed by atoms with Crippen LogP contribution in [-0.2, 0) is 0 Å². The Morgan fingerprint density at radius 2 is 1.81 bits per heavy atom. The van der Waals surface area contributed by atoms with Crippen LogP contribution in [0.4, 0.5) is 5.82 Å². The summed E-state index contributed by atoms with van der Waals surface area (Å²) in [5, 5.41) is 1.14. The molecular weight excluding hydrogens is 322 g/mol. The lowest BCUT2D eigenvalue weighted by atomic mass is 10.2. The number of aromatic nitrogens is 3. The monoisotopic (exact) mass is 345 g/mol. The number of fused-ring (bicyclic) bond motifs is 1. The zero-order valence-corrected chi connectivity index (χ0v) is 14.9. The minimum Gasteiger partial charge on any atom is -0.354 e. The van der Waals surface area contributed by atoms with Crippen molar-refractivity contribution in [2.24, 2.45) is 0 Å². The SMILES string of the molecule is c1cncc(-c2nc(N3CCC(N4CCCC4)C3)c3ccccc3n2)c1. The third kappa shape index (κ3) is 2.82. The molecule has 5 heteroatoms. The molecule has 1 atom stereocenters. The normalized spacial score (nSPS) is 20.9. The molecule has 132 valence electrons. The van der Waals surface area contributed by atoms with Gasteiger partial charge in [0.15, 0.2) is 5.82 Å². The van der Waals surface area contributed by atoms with Gasteiger partial charge in [0.1, 0.15) is 5.82 Å². The van der Waals surface area contributed by atoms with Gasteiger partial charge in [0, 0.05) is 42.5 Å². The second-order valence-electron chi connectivity index (χ2n) is 7.26. The molecule has 1 aromatic carbocycles. The number of hydrogen-bond donors (Lipinski definition) is 0. The Bertz CT molecular complexity index is 905. The number of rotatable bonds is 3. The first-order chi connectivity index (χ1) is 12.9. The molecule has 2 aliphatic rings. The summed E-state index contributed by atoms with van der Waals surface area (Å²) in [6.45, 7) is 4.63. The van der Waals surface area contributed by atoms with Gasteiger partial charge in [-0.25, -0.2) is 9.97 Å². The largest absolute Gasteiger partial charge is 0.354 e. The third-order valence-electron chi connectivity index (χ3n) is 5.62. The van der Waals surface area contributed by atoms with Crippen molar-refractivity contribution in [2.75, 3.05) is 31.1 Å². The number of anilines is 1. The van der Waals surface area contributed by atoms with Crippen molar-refractivity contribution in [3.05, 3.63) is 48.8 Å². The Kier molecular flexibility index (Phi) is 4.02. The Morgan fingerprint density at radius 3 is 2.65 bits per heavy atom. The summed E-state index contributed by atoms with van der Waals surface area (Å²) in [5.74, 6) is 1.83. The topological polar surface area (TPSA) is 45.2 Å². The summed E-state index contributed by atoms with van der Waals surface area (Å²) in [6.07, 6.45) is 7.54. The molecule has 0 bridgehead atoms. The van der Waals surface area contributed by atoms with Gasteiger partial charge in [-0.3, -0.25) is 9.88 Å². The molecule has 5 nitrogen and oxygen atoms in total. The van der Waals surface area contributed by atoms with Gasteiger partial charge in [-0.15, -0.1) is 0 Å². The molecule has 0 saturated carbocycles. The first-order valence-corrected chi connectivity index (χ1v) is 9.55. The number of para-hydroxylation sites is 1. The molecule has 1 unspecified atom stereocenters. The molecule has 3 aromatic rings. The number of nitrogens with zero attached hydrogens (tertiary/aromatic N) is 5. The highest BCUT2D eigenvalue weighted by atomic mass is 15.3. The van der Waals surface area contributed by atoms with Crippen molar-refractivity contribution in [2.45, 2.75) is 25.3 Å². The maximum Gasteiger partial charge on any atom is 0.163 e. The Hall–Kier alpha value is -2.53. The molecule has 0 spiro atoms. The van der Waals surface area contributed by atoms with Crippen LogP contribution in [0.15, 0.2) is 48.8 Å². The van der Waals surface area contributed by atoms with Gasteiger partial charge in [-0.1, -0.05) is 12.1 Å². The van der Waals surface area contributed by atoms with E-state index >= 15 is 0 Å². The van der Waals surface area contributed by atoms with Crippen molar-refractivity contribution in [1.82, 2.24) is 19.9 Å². The van der Waals surface area contributed by atoms with Crippen LogP contribution in [0, 0.1) is 0 Å². The quantitative estimate of drug-likeness (QED) is 0.728. The van der Waals surface area contributed by atoms with Gasteiger partial charge in [-0.2, -0.15) is 0 Å². The summed E-state index contributed by atoms with van der Waals surface area (Å²) in [5.41, 5.74) is 1.97. The zero-order chi connectivity index (χ0) is 17.3. The minimum absolute atomic E-state index is 0.660. The van der Waals surface area contributed by atoms with E-state index in [1.165, 1.54) is 32.4 Å². The number of hydrogen-bond acceptors (Lipinski definition) is 5. The first-order valence-electron chi connectivity index (χ1n) is 9.55. The van der Waals surface area contributed by atoms with Crippen molar-refractivity contribution in [1.29, 1.82) is 0 Å². The van der Waals surface area contributed by atoms with E-state index in [0.717, 1.165) is 41.2 Å². The lowest BCUT2D eigenvalue weighted by Gasteiger charge is -2.24. The highest BCUT2D eigenvalue weighted by Gasteiger charge is 2.30. The Balaban J connectivity index is 1.54. The van der Waals surface area contributed by atoms with E-state index in [1.807, 2.05) is 24.4 Å². The molecule has 4 heterocycles. The number of pyridine rings is 1. The van der Waals surface area contributed by atoms with Crippen LogP contribution in [0.25, 0.3) is 22.3 Å². The van der Waals surface area contributed by atoms with Crippen molar-refractivity contribution < 1.29 is 0 Å². The van der Waals surface area contributed by atoms with Gasteiger partial charge in [0.2, 0.25) is 0 Å². The van der Waals surface area contributed by atoms with Gasteiger partial charge >= 0.3 is 0 Å². The van der Waals surface area contributed by atoms with E-state index in [-0.39, 0.29) is 0 Å². The van der Waals surface area contributed by atoms with Gasteiger partial charge in [0.25, 0.3) is 0 Å². The molecule has 2 fully saturated rings. The van der Waals surface area contributed by atoms with Crippen LogP contribution >= 0.6 is 0 Å². The van der Waals surface area contributed by atoms with E-state index < -0.39 is 0 Å². The number of benzene rings is 1. The lowest BCUT2D eigenvalue weighted by Crippen LogP contribution is -2.35. The average Bonchev–Trinajstić information content (AvgIpc) is 3.39. The second-order valence-corrected chi connectivity index (χ2v) is 7.26. The summed E-state index contributed by atoms with van der Waals surface area (Å²) >= 11 is 0. The summed E-state index contributed by atoms with van der Waals surface area (Å²) in [4.78, 5) is 19.1. The predicted octanol–water partition coefficient (Wildman–Crippen LogP) is 3.37. The van der Waals surface area contributed by atoms with E-state index in [1.54, 1.807) is 6.20 Å². The fourth-order valence-electron chi connectivity index (χ4n) is 4.26. The molecule has 2 aliphatic heterocycles. The Labute approximate surface area is 153 Å². The molecular formula is C21H23N5. The average molecular weight is 345 g/mol. The van der Waals surface area contributed by atoms with Crippen LogP contribution in [-0.4, -0.2) is 52.1 Å². The van der Waals surface area contributed by atoms with E-state index in [2.05, 4.69) is 33.0 Å². The van der Waals surface area contributed by atoms with Crippen LogP contribution < -0.4 is 4.90 Å². The van der Waals surface area contributed by atoms with E-state index in [9.17, 15) is 0 Å². The van der Waals surface area contributed by atoms with E-state index in [4.69, 9.17) is 9.97 Å². The standard InChI is InChI=1S/C21H23N5/c1-2-8-19-18(7-1)21(24-20(23-19)16-6-5-10-22-14-16)26-13-9-17(15-26)25-11-3-4-12-25/h1-2,5-8,10,14,17H,3-4,9,11-13,15H2. The highest BCUT2D eigenvalue weighted by Crippen LogP contribution is 2.31. The lowest BCUT2D eigenvalue weighted by molar-refractivity contribution is 0.260. The van der Waals surface area contributed by atoms with Crippen LogP contribution in [0.1, 0.15) is 19.3 Å². The molecule has 2 aromatic heterocycles. The summed E-state index contributed by atoms with van der Waals surface area (Å²) in [6, 6.07) is 13.0. The van der Waals surface area contributed by atoms with Crippen molar-refractivity contribution >= 4 is 16.7 Å². The van der Waals surface area contributed by atoms with Crippen LogP contribution in [0.5, 0.6) is 0 Å². The molecule has 5 rings (SSSR count). The molecule has 2 saturated heterocycles. The van der Waals surface area contributed by atoms with Crippen LogP contribution in [0.3, 0.4) is 0 Å². The van der Waals surface area contributed by atoms with E-state index in [0.29, 0.717) is 6.04 Å². The van der Waals surface area contributed by atoms with Gasteiger partial charge < -0.3 is 4.90 Å². The molecule has 0 aliphatic carbocycles. The molecule has 26 heavy (non-hydrogen) atoms. The molecule has 0 N–H and O–H groups in total. The maximum absolute atomic E-state index is 4.97. The van der Waals surface area contributed by atoms with Gasteiger partial charge in [-0.05, 0) is 56.6 Å². The van der Waals surface area contributed by atoms with Crippen LogP contribution in [0.2, 0.25) is 0 Å². The fraction of sp³-hybridized carbons (Fsp3) is 0.381. The van der Waals surface area contributed by atoms with Crippen molar-refractivity contribution in [3.8, 4) is 11.4 Å². The predicted molar refractivity (Wildman–Crippen MR) is 104 cm³/mol. The first kappa shape index (κ1) is 15.7. The molecule has 0 radical (unpaired) electrons. The maximum atomic E-state index is 4.97.